The number of carbonyl (C=O) groups is 1. The lowest BCUT2D eigenvalue weighted by molar-refractivity contribution is -0.139. The molecule has 0 spiro atoms. The SMILES string of the molecule is COC(=O)Cc1ccc2c(c1)C(C)(C)CCC2(C)C. The molecule has 2 rings (SSSR count). The average Bonchev–Trinajstić information content (AvgIpc) is 2.35. The quantitative estimate of drug-likeness (QED) is 0.757. The molecule has 0 radical (unpaired) electrons. The molecular formula is C17H24O2. The van der Waals surface area contributed by atoms with Gasteiger partial charge in [0.15, 0.2) is 0 Å². The van der Waals surface area contributed by atoms with Gasteiger partial charge in [0.1, 0.15) is 0 Å². The first-order valence-corrected chi connectivity index (χ1v) is 6.97. The fourth-order valence-electron chi connectivity index (χ4n) is 2.98. The Morgan fingerprint density at radius 1 is 1.11 bits per heavy atom. The normalized spacial score (nSPS) is 19.6. The van der Waals surface area contributed by atoms with Gasteiger partial charge in [-0.3, -0.25) is 4.79 Å². The molecule has 0 heterocycles. The second-order valence-corrected chi connectivity index (χ2v) is 6.90. The molecule has 1 aromatic carbocycles. The van der Waals surface area contributed by atoms with Crippen molar-refractivity contribution < 1.29 is 9.53 Å². The van der Waals surface area contributed by atoms with Gasteiger partial charge in [0.05, 0.1) is 13.5 Å². The van der Waals surface area contributed by atoms with Gasteiger partial charge in [-0.25, -0.2) is 0 Å². The van der Waals surface area contributed by atoms with Crippen LogP contribution in [-0.2, 0) is 26.8 Å². The minimum Gasteiger partial charge on any atom is -0.469 e. The van der Waals surface area contributed by atoms with Crippen molar-refractivity contribution in [3.05, 3.63) is 34.9 Å². The molecule has 19 heavy (non-hydrogen) atoms. The summed E-state index contributed by atoms with van der Waals surface area (Å²) in [5.74, 6) is -0.173. The maximum Gasteiger partial charge on any atom is 0.309 e. The fraction of sp³-hybridized carbons (Fsp3) is 0.588. The van der Waals surface area contributed by atoms with Gasteiger partial charge in [0.25, 0.3) is 0 Å². The van der Waals surface area contributed by atoms with Crippen LogP contribution in [0.25, 0.3) is 0 Å². The molecule has 104 valence electrons. The molecule has 0 bridgehead atoms. The second kappa shape index (κ2) is 4.66. The molecule has 0 fully saturated rings. The van der Waals surface area contributed by atoms with Crippen LogP contribution in [0.4, 0.5) is 0 Å². The number of fused-ring (bicyclic) bond motifs is 1. The number of methoxy groups -OCH3 is 1. The molecule has 0 saturated carbocycles. The Hall–Kier alpha value is -1.31. The zero-order chi connectivity index (χ0) is 14.3. The first-order chi connectivity index (χ1) is 8.76. The minimum atomic E-state index is -0.173. The molecule has 0 atom stereocenters. The Morgan fingerprint density at radius 3 is 2.26 bits per heavy atom. The van der Waals surface area contributed by atoms with E-state index in [1.807, 2.05) is 0 Å². The molecule has 2 heteroatoms. The van der Waals surface area contributed by atoms with Crippen molar-refractivity contribution >= 4 is 5.97 Å². The lowest BCUT2D eigenvalue weighted by atomic mass is 9.63. The summed E-state index contributed by atoms with van der Waals surface area (Å²) in [7, 11) is 1.44. The molecule has 0 amide bonds. The van der Waals surface area contributed by atoms with Crippen LogP contribution in [0, 0.1) is 0 Å². The van der Waals surface area contributed by atoms with Gasteiger partial charge in [-0.15, -0.1) is 0 Å². The maximum absolute atomic E-state index is 11.4. The molecule has 0 aromatic heterocycles. The van der Waals surface area contributed by atoms with Crippen LogP contribution in [0.2, 0.25) is 0 Å². The number of esters is 1. The summed E-state index contributed by atoms with van der Waals surface area (Å²) >= 11 is 0. The van der Waals surface area contributed by atoms with E-state index in [-0.39, 0.29) is 16.8 Å². The Kier molecular flexibility index (Phi) is 3.46. The predicted molar refractivity (Wildman–Crippen MR) is 77.4 cm³/mol. The van der Waals surface area contributed by atoms with Gasteiger partial charge in [-0.2, -0.15) is 0 Å². The number of ether oxygens (including phenoxy) is 1. The monoisotopic (exact) mass is 260 g/mol. The van der Waals surface area contributed by atoms with Crippen LogP contribution in [0.15, 0.2) is 18.2 Å². The second-order valence-electron chi connectivity index (χ2n) is 6.90. The van der Waals surface area contributed by atoms with E-state index in [1.54, 1.807) is 0 Å². The number of benzene rings is 1. The van der Waals surface area contributed by atoms with Crippen LogP contribution >= 0.6 is 0 Å². The van der Waals surface area contributed by atoms with Crippen LogP contribution in [0.3, 0.4) is 0 Å². The summed E-state index contributed by atoms with van der Waals surface area (Å²) in [5, 5.41) is 0. The third kappa shape index (κ3) is 2.68. The molecule has 0 unspecified atom stereocenters. The van der Waals surface area contributed by atoms with Crippen molar-refractivity contribution in [1.82, 2.24) is 0 Å². The summed E-state index contributed by atoms with van der Waals surface area (Å²) in [6.07, 6.45) is 2.76. The molecule has 0 N–H and O–H groups in total. The zero-order valence-electron chi connectivity index (χ0n) is 12.7. The average molecular weight is 260 g/mol. The van der Waals surface area contributed by atoms with E-state index in [0.29, 0.717) is 6.42 Å². The molecule has 1 aliphatic carbocycles. The number of hydrogen-bond acceptors (Lipinski definition) is 2. The van der Waals surface area contributed by atoms with E-state index in [0.717, 1.165) is 5.56 Å². The number of hydrogen-bond donors (Lipinski definition) is 0. The van der Waals surface area contributed by atoms with E-state index < -0.39 is 0 Å². The van der Waals surface area contributed by atoms with Crippen LogP contribution in [0.5, 0.6) is 0 Å². The Morgan fingerprint density at radius 2 is 1.68 bits per heavy atom. The highest BCUT2D eigenvalue weighted by Gasteiger charge is 2.36. The van der Waals surface area contributed by atoms with Crippen molar-refractivity contribution in [3.63, 3.8) is 0 Å². The van der Waals surface area contributed by atoms with E-state index in [9.17, 15) is 4.79 Å². The Balaban J connectivity index is 2.44. The summed E-state index contributed by atoms with van der Waals surface area (Å²) in [6.45, 7) is 9.20. The van der Waals surface area contributed by atoms with Gasteiger partial charge in [0, 0.05) is 0 Å². The van der Waals surface area contributed by atoms with E-state index >= 15 is 0 Å². The molecule has 1 aromatic rings. The highest BCUT2D eigenvalue weighted by Crippen LogP contribution is 2.45. The summed E-state index contributed by atoms with van der Waals surface area (Å²) < 4.78 is 4.75. The van der Waals surface area contributed by atoms with Crippen molar-refractivity contribution in [2.24, 2.45) is 0 Å². The smallest absolute Gasteiger partial charge is 0.309 e. The molecule has 1 aliphatic rings. The van der Waals surface area contributed by atoms with Crippen LogP contribution in [-0.4, -0.2) is 13.1 Å². The first-order valence-electron chi connectivity index (χ1n) is 6.97. The molecule has 2 nitrogen and oxygen atoms in total. The van der Waals surface area contributed by atoms with E-state index in [4.69, 9.17) is 4.74 Å². The maximum atomic E-state index is 11.4. The van der Waals surface area contributed by atoms with Gasteiger partial charge >= 0.3 is 5.97 Å². The topological polar surface area (TPSA) is 26.3 Å². The lowest BCUT2D eigenvalue weighted by Gasteiger charge is -2.42. The van der Waals surface area contributed by atoms with Crippen LogP contribution < -0.4 is 0 Å². The molecular weight excluding hydrogens is 236 g/mol. The highest BCUT2D eigenvalue weighted by atomic mass is 16.5. The Labute approximate surface area is 116 Å². The third-order valence-electron chi connectivity index (χ3n) is 4.49. The van der Waals surface area contributed by atoms with Crippen LogP contribution in [0.1, 0.15) is 57.2 Å². The zero-order valence-corrected chi connectivity index (χ0v) is 12.7. The van der Waals surface area contributed by atoms with Gasteiger partial charge < -0.3 is 4.74 Å². The third-order valence-corrected chi connectivity index (χ3v) is 4.49. The van der Waals surface area contributed by atoms with Crippen molar-refractivity contribution in [3.8, 4) is 0 Å². The van der Waals surface area contributed by atoms with Crippen molar-refractivity contribution in [1.29, 1.82) is 0 Å². The first kappa shape index (κ1) is 14.1. The highest BCUT2D eigenvalue weighted by molar-refractivity contribution is 5.72. The largest absolute Gasteiger partial charge is 0.469 e. The Bertz CT molecular complexity index is 498. The van der Waals surface area contributed by atoms with Crippen molar-refractivity contribution in [2.45, 2.75) is 57.8 Å². The van der Waals surface area contributed by atoms with E-state index in [1.165, 1.54) is 31.1 Å². The predicted octanol–water partition coefficient (Wildman–Crippen LogP) is 3.75. The number of rotatable bonds is 2. The number of carbonyl (C=O) groups excluding carboxylic acids is 1. The van der Waals surface area contributed by atoms with Crippen molar-refractivity contribution in [2.75, 3.05) is 7.11 Å². The molecule has 0 saturated heterocycles. The summed E-state index contributed by atoms with van der Waals surface area (Å²) in [5.41, 5.74) is 4.30. The summed E-state index contributed by atoms with van der Waals surface area (Å²) in [4.78, 5) is 11.4. The standard InChI is InChI=1S/C17H24O2/c1-16(2)8-9-17(3,4)14-10-12(6-7-13(14)16)11-15(18)19-5/h6-7,10H,8-9,11H2,1-5H3. The van der Waals surface area contributed by atoms with E-state index in [2.05, 4.69) is 45.9 Å². The van der Waals surface area contributed by atoms with Gasteiger partial charge in [0.2, 0.25) is 0 Å². The minimum absolute atomic E-state index is 0.173. The summed E-state index contributed by atoms with van der Waals surface area (Å²) in [6, 6.07) is 6.47. The fourth-order valence-corrected chi connectivity index (χ4v) is 2.98. The van der Waals surface area contributed by atoms with Gasteiger partial charge in [-0.1, -0.05) is 45.9 Å². The molecule has 0 aliphatic heterocycles. The lowest BCUT2D eigenvalue weighted by Crippen LogP contribution is -2.34. The van der Waals surface area contributed by atoms with Gasteiger partial charge in [-0.05, 0) is 40.4 Å².